The summed E-state index contributed by atoms with van der Waals surface area (Å²) in [5.41, 5.74) is 3.28. The van der Waals surface area contributed by atoms with Crippen LogP contribution in [0.2, 0.25) is 0 Å². The van der Waals surface area contributed by atoms with E-state index < -0.39 is 0 Å². The number of amides is 2. The predicted octanol–water partition coefficient (Wildman–Crippen LogP) is 3.79. The Labute approximate surface area is 159 Å². The second-order valence-electron chi connectivity index (χ2n) is 6.64. The van der Waals surface area contributed by atoms with E-state index in [4.69, 9.17) is 0 Å². The number of carbonyl (C=O) groups excluding carboxylic acids is 2. The van der Waals surface area contributed by atoms with E-state index in [2.05, 4.69) is 5.32 Å². The number of nitrogens with one attached hydrogen (secondary N) is 1. The van der Waals surface area contributed by atoms with Crippen molar-refractivity contribution in [1.29, 1.82) is 0 Å². The summed E-state index contributed by atoms with van der Waals surface area (Å²) in [4.78, 5) is 27.5. The van der Waals surface area contributed by atoms with Gasteiger partial charge in [0, 0.05) is 51.9 Å². The number of anilines is 2. The molecule has 0 aliphatic carbocycles. The summed E-state index contributed by atoms with van der Waals surface area (Å²) >= 11 is 0. The Morgan fingerprint density at radius 2 is 1.81 bits per heavy atom. The average molecular weight is 371 g/mol. The molecule has 2 aromatic carbocycles. The third-order valence-electron chi connectivity index (χ3n) is 4.24. The van der Waals surface area contributed by atoms with Gasteiger partial charge < -0.3 is 15.1 Å². The molecule has 0 aliphatic rings. The second-order valence-corrected chi connectivity index (χ2v) is 6.64. The summed E-state index contributed by atoms with van der Waals surface area (Å²) in [6.07, 6.45) is 0.393. The van der Waals surface area contributed by atoms with E-state index in [1.54, 1.807) is 24.0 Å². The largest absolute Gasteiger partial charge is 0.377 e. The first-order chi connectivity index (χ1) is 12.8. The van der Waals surface area contributed by atoms with Gasteiger partial charge in [0.1, 0.15) is 5.82 Å². The van der Waals surface area contributed by atoms with Crippen LogP contribution in [0.4, 0.5) is 15.8 Å². The molecule has 0 saturated carbocycles. The standard InChI is InChI=1S/C21H26FN3O2/c1-5-21(27)23-19-9-10-20(24(3)4)17(12-19)14-25(15(2)26)13-16-7-6-8-18(22)11-16/h6-12H,5,13-14H2,1-4H3,(H,23,27). The maximum Gasteiger partial charge on any atom is 0.224 e. The highest BCUT2D eigenvalue weighted by Gasteiger charge is 2.15. The molecule has 144 valence electrons. The van der Waals surface area contributed by atoms with Crippen LogP contribution in [0.15, 0.2) is 42.5 Å². The molecular formula is C21H26FN3O2. The van der Waals surface area contributed by atoms with Crippen molar-refractivity contribution in [3.8, 4) is 0 Å². The monoisotopic (exact) mass is 371 g/mol. The van der Waals surface area contributed by atoms with Gasteiger partial charge in [0.25, 0.3) is 0 Å². The summed E-state index contributed by atoms with van der Waals surface area (Å²) in [5.74, 6) is -0.497. The minimum absolute atomic E-state index is 0.0678. The molecule has 0 aromatic heterocycles. The van der Waals surface area contributed by atoms with Crippen molar-refractivity contribution in [2.45, 2.75) is 33.4 Å². The van der Waals surface area contributed by atoms with Gasteiger partial charge in [0.05, 0.1) is 0 Å². The third kappa shape index (κ3) is 5.81. The smallest absolute Gasteiger partial charge is 0.224 e. The number of carbonyl (C=O) groups is 2. The Morgan fingerprint density at radius 1 is 1.07 bits per heavy atom. The number of halogens is 1. The van der Waals surface area contributed by atoms with Crippen molar-refractivity contribution in [3.63, 3.8) is 0 Å². The van der Waals surface area contributed by atoms with Crippen LogP contribution >= 0.6 is 0 Å². The zero-order chi connectivity index (χ0) is 20.0. The van der Waals surface area contributed by atoms with E-state index >= 15 is 0 Å². The van der Waals surface area contributed by atoms with Gasteiger partial charge in [-0.2, -0.15) is 0 Å². The zero-order valence-electron chi connectivity index (χ0n) is 16.3. The number of nitrogens with zero attached hydrogens (tertiary/aromatic N) is 2. The maximum absolute atomic E-state index is 13.5. The fourth-order valence-electron chi connectivity index (χ4n) is 2.82. The zero-order valence-corrected chi connectivity index (χ0v) is 16.3. The lowest BCUT2D eigenvalue weighted by Gasteiger charge is -2.25. The van der Waals surface area contributed by atoms with Gasteiger partial charge in [-0.3, -0.25) is 9.59 Å². The molecule has 0 radical (unpaired) electrons. The average Bonchev–Trinajstić information content (AvgIpc) is 2.61. The second kappa shape index (κ2) is 9.16. The molecule has 2 aromatic rings. The summed E-state index contributed by atoms with van der Waals surface area (Å²) in [5, 5.41) is 2.85. The highest BCUT2D eigenvalue weighted by molar-refractivity contribution is 5.90. The summed E-state index contributed by atoms with van der Waals surface area (Å²) < 4.78 is 13.5. The van der Waals surface area contributed by atoms with Gasteiger partial charge in [-0.1, -0.05) is 19.1 Å². The third-order valence-corrected chi connectivity index (χ3v) is 4.24. The summed E-state index contributed by atoms with van der Waals surface area (Å²) in [7, 11) is 3.85. The minimum atomic E-state index is -0.325. The molecule has 1 N–H and O–H groups in total. The molecule has 5 nitrogen and oxygen atoms in total. The van der Waals surface area contributed by atoms with Crippen LogP contribution in [0.5, 0.6) is 0 Å². The van der Waals surface area contributed by atoms with E-state index in [1.807, 2.05) is 37.2 Å². The van der Waals surface area contributed by atoms with Gasteiger partial charge in [-0.15, -0.1) is 0 Å². The fourth-order valence-corrected chi connectivity index (χ4v) is 2.82. The Hall–Kier alpha value is -2.89. The Bertz CT molecular complexity index is 821. The molecule has 6 heteroatoms. The highest BCUT2D eigenvalue weighted by Crippen LogP contribution is 2.25. The van der Waals surface area contributed by atoms with E-state index in [9.17, 15) is 14.0 Å². The Balaban J connectivity index is 2.30. The highest BCUT2D eigenvalue weighted by atomic mass is 19.1. The lowest BCUT2D eigenvalue weighted by Crippen LogP contribution is -2.28. The number of hydrogen-bond donors (Lipinski definition) is 1. The van der Waals surface area contributed by atoms with Gasteiger partial charge in [-0.05, 0) is 41.5 Å². The van der Waals surface area contributed by atoms with Crippen molar-refractivity contribution < 1.29 is 14.0 Å². The van der Waals surface area contributed by atoms with Crippen molar-refractivity contribution in [2.24, 2.45) is 0 Å². The molecule has 0 spiro atoms. The SMILES string of the molecule is CCC(=O)Nc1ccc(N(C)C)c(CN(Cc2cccc(F)c2)C(C)=O)c1. The molecule has 0 aliphatic heterocycles. The molecule has 0 fully saturated rings. The van der Waals surface area contributed by atoms with Crippen molar-refractivity contribution in [3.05, 3.63) is 59.4 Å². The first-order valence-corrected chi connectivity index (χ1v) is 8.90. The van der Waals surface area contributed by atoms with Gasteiger partial charge in [0.15, 0.2) is 0 Å². The van der Waals surface area contributed by atoms with Crippen molar-refractivity contribution in [2.75, 3.05) is 24.3 Å². The van der Waals surface area contributed by atoms with Crippen LogP contribution in [0.1, 0.15) is 31.4 Å². The van der Waals surface area contributed by atoms with E-state index in [1.165, 1.54) is 19.1 Å². The number of rotatable bonds is 7. The number of benzene rings is 2. The molecule has 0 atom stereocenters. The predicted molar refractivity (Wildman–Crippen MR) is 106 cm³/mol. The van der Waals surface area contributed by atoms with Gasteiger partial charge in [-0.25, -0.2) is 4.39 Å². The van der Waals surface area contributed by atoms with Crippen LogP contribution < -0.4 is 10.2 Å². The molecule has 0 bridgehead atoms. The van der Waals surface area contributed by atoms with E-state index in [0.717, 1.165) is 16.8 Å². The topological polar surface area (TPSA) is 52.7 Å². The summed E-state index contributed by atoms with van der Waals surface area (Å²) in [6.45, 7) is 3.96. The number of hydrogen-bond acceptors (Lipinski definition) is 3. The quantitative estimate of drug-likeness (QED) is 0.806. The summed E-state index contributed by atoms with van der Waals surface area (Å²) in [6, 6.07) is 11.9. The Kier molecular flexibility index (Phi) is 6.93. The minimum Gasteiger partial charge on any atom is -0.377 e. The lowest BCUT2D eigenvalue weighted by molar-refractivity contribution is -0.130. The normalized spacial score (nSPS) is 10.4. The molecule has 27 heavy (non-hydrogen) atoms. The van der Waals surface area contributed by atoms with E-state index in [0.29, 0.717) is 25.2 Å². The van der Waals surface area contributed by atoms with Gasteiger partial charge >= 0.3 is 0 Å². The molecule has 0 saturated heterocycles. The first-order valence-electron chi connectivity index (χ1n) is 8.90. The van der Waals surface area contributed by atoms with Gasteiger partial charge in [0.2, 0.25) is 11.8 Å². The van der Waals surface area contributed by atoms with Crippen LogP contribution in [-0.2, 0) is 22.7 Å². The molecule has 0 unspecified atom stereocenters. The molecule has 2 amide bonds. The lowest BCUT2D eigenvalue weighted by atomic mass is 10.1. The van der Waals surface area contributed by atoms with Crippen LogP contribution in [-0.4, -0.2) is 30.8 Å². The molecule has 2 rings (SSSR count). The van der Waals surface area contributed by atoms with Crippen LogP contribution in [0.25, 0.3) is 0 Å². The molecular weight excluding hydrogens is 345 g/mol. The first kappa shape index (κ1) is 20.4. The van der Waals surface area contributed by atoms with Crippen molar-refractivity contribution >= 4 is 23.2 Å². The maximum atomic E-state index is 13.5. The van der Waals surface area contributed by atoms with Crippen LogP contribution in [0.3, 0.4) is 0 Å². The Morgan fingerprint density at radius 3 is 2.41 bits per heavy atom. The van der Waals surface area contributed by atoms with Crippen molar-refractivity contribution in [1.82, 2.24) is 4.90 Å². The molecule has 0 heterocycles. The fraction of sp³-hybridized carbons (Fsp3) is 0.333. The van der Waals surface area contributed by atoms with Crippen LogP contribution in [0, 0.1) is 5.82 Å². The van der Waals surface area contributed by atoms with E-state index in [-0.39, 0.29) is 17.6 Å².